The quantitative estimate of drug-likeness (QED) is 0.439. The van der Waals surface area contributed by atoms with Gasteiger partial charge in [0.15, 0.2) is 0 Å². The Hall–Kier alpha value is -0.520. The highest BCUT2D eigenvalue weighted by atomic mass is 13.6. The normalized spacial score (nSPS) is 5.38. The first kappa shape index (κ1) is 36.1. The lowest BCUT2D eigenvalue weighted by Gasteiger charge is -1.68. The maximum Gasteiger partial charge on any atom is -0.0382 e. The van der Waals surface area contributed by atoms with Crippen LogP contribution in [0.25, 0.3) is 0 Å². The second-order valence-corrected chi connectivity index (χ2v) is 2.81. The van der Waals surface area contributed by atoms with Gasteiger partial charge in [-0.15, -0.1) is 13.2 Å². The molecule has 0 nitrogen and oxygen atoms in total. The van der Waals surface area contributed by atoms with Crippen LogP contribution in [0.4, 0.5) is 0 Å². The van der Waals surface area contributed by atoms with Gasteiger partial charge in [-0.05, 0) is 13.3 Å². The van der Waals surface area contributed by atoms with E-state index in [9.17, 15) is 0 Å². The molecular weight excluding hydrogens is 192 g/mol. The minimum atomic E-state index is 0. The molecule has 0 saturated heterocycles. The summed E-state index contributed by atoms with van der Waals surface area (Å²) in [5.74, 6) is 0. The fourth-order valence-electron chi connectivity index (χ4n) is 0. The van der Waals surface area contributed by atoms with Crippen LogP contribution in [0.2, 0.25) is 0 Å². The Kier molecular flexibility index (Phi) is 198. The maximum absolute atomic E-state index is 3.48. The van der Waals surface area contributed by atoms with Gasteiger partial charge < -0.3 is 0 Å². The Morgan fingerprint density at radius 1 is 0.812 bits per heavy atom. The first-order valence-corrected chi connectivity index (χ1v) is 5.84. The number of unbranched alkanes of at least 4 members (excludes halogenated alkanes) is 1. The Balaban J connectivity index is -0.0000000202. The summed E-state index contributed by atoms with van der Waals surface area (Å²) in [6, 6.07) is 0. The molecule has 0 aliphatic heterocycles. The van der Waals surface area contributed by atoms with Crippen LogP contribution in [0.3, 0.4) is 0 Å². The van der Waals surface area contributed by atoms with Crippen LogP contribution in [0.5, 0.6) is 0 Å². The summed E-state index contributed by atoms with van der Waals surface area (Å²) < 4.78 is 0. The van der Waals surface area contributed by atoms with Crippen LogP contribution in [0, 0.1) is 0 Å². The number of hydrogen-bond acceptors (Lipinski definition) is 0. The average molecular weight is 232 g/mol. The Bertz CT molecular complexity index is 60.4. The van der Waals surface area contributed by atoms with E-state index in [0.29, 0.717) is 0 Å². The molecule has 0 aromatic carbocycles. The van der Waals surface area contributed by atoms with Crippen molar-refractivity contribution in [1.29, 1.82) is 0 Å². The molecule has 0 rings (SSSR count). The van der Waals surface area contributed by atoms with Crippen LogP contribution in [-0.2, 0) is 0 Å². The first-order valence-electron chi connectivity index (χ1n) is 5.84. The van der Waals surface area contributed by atoms with E-state index >= 15 is 0 Å². The SMILES string of the molecule is C.C.C=CC.C=CCC.CCC.CCCC. The molecule has 0 amide bonds. The fraction of sp³-hybridized carbons (Fsp3) is 0.750. The average Bonchev–Trinajstić information content (AvgIpc) is 2.20. The van der Waals surface area contributed by atoms with Gasteiger partial charge in [0.25, 0.3) is 0 Å². The van der Waals surface area contributed by atoms with Crippen LogP contribution in [0.1, 0.15) is 82.1 Å². The highest BCUT2D eigenvalue weighted by molar-refractivity contribution is 4.60. The second-order valence-electron chi connectivity index (χ2n) is 2.81. The van der Waals surface area contributed by atoms with E-state index in [1.165, 1.54) is 19.3 Å². The zero-order valence-electron chi connectivity index (χ0n) is 11.4. The topological polar surface area (TPSA) is 0 Å². The highest BCUT2D eigenvalue weighted by Crippen LogP contribution is 1.76. The summed E-state index contributed by atoms with van der Waals surface area (Å²) in [5, 5.41) is 0. The second kappa shape index (κ2) is 87.6. The minimum Gasteiger partial charge on any atom is -0.103 e. The van der Waals surface area contributed by atoms with Crippen molar-refractivity contribution in [2.75, 3.05) is 0 Å². The van der Waals surface area contributed by atoms with E-state index in [2.05, 4.69) is 47.8 Å². The summed E-state index contributed by atoms with van der Waals surface area (Å²) in [4.78, 5) is 0. The predicted molar refractivity (Wildman–Crippen MR) is 86.4 cm³/mol. The van der Waals surface area contributed by atoms with E-state index in [-0.39, 0.29) is 14.9 Å². The van der Waals surface area contributed by atoms with E-state index < -0.39 is 0 Å². The molecule has 0 aliphatic carbocycles. The zero-order valence-corrected chi connectivity index (χ0v) is 11.4. The highest BCUT2D eigenvalue weighted by Gasteiger charge is 1.56. The standard InChI is InChI=1S/C4H10.C4H8.C3H8.C3H6.2CH4/c2*1-3-4-2;2*1-3-2;;/h3-4H2,1-2H3;3H,1,4H2,2H3;3H2,1-2H3;3H,1H2,2H3;2*1H4. The molecule has 0 bridgehead atoms. The van der Waals surface area contributed by atoms with Gasteiger partial charge in [-0.3, -0.25) is 0 Å². The Labute approximate surface area is 108 Å². The van der Waals surface area contributed by atoms with E-state index in [0.717, 1.165) is 6.42 Å². The summed E-state index contributed by atoms with van der Waals surface area (Å²) in [7, 11) is 0. The predicted octanol–water partition coefficient (Wildman–Crippen LogP) is 7.27. The molecule has 0 heteroatoms. The minimum absolute atomic E-state index is 0. The van der Waals surface area contributed by atoms with Gasteiger partial charge in [0, 0.05) is 0 Å². The number of rotatable bonds is 2. The zero-order chi connectivity index (χ0) is 12.2. The van der Waals surface area contributed by atoms with Crippen molar-refractivity contribution in [3.05, 3.63) is 25.3 Å². The summed E-state index contributed by atoms with van der Waals surface area (Å²) in [6.07, 6.45) is 8.60. The van der Waals surface area contributed by atoms with Crippen LogP contribution in [0.15, 0.2) is 25.3 Å². The van der Waals surface area contributed by atoms with E-state index in [4.69, 9.17) is 0 Å². The third-order valence-electron chi connectivity index (χ3n) is 0.789. The van der Waals surface area contributed by atoms with Crippen molar-refractivity contribution in [2.24, 2.45) is 0 Å². The van der Waals surface area contributed by atoms with Crippen molar-refractivity contribution in [3.63, 3.8) is 0 Å². The largest absolute Gasteiger partial charge is 0.103 e. The molecule has 0 spiro atoms. The molecule has 0 aromatic heterocycles. The first-order chi connectivity index (χ1) is 6.66. The van der Waals surface area contributed by atoms with Crippen LogP contribution < -0.4 is 0 Å². The third-order valence-corrected chi connectivity index (χ3v) is 0.789. The molecule has 0 N–H and O–H groups in total. The number of hydrogen-bond donors (Lipinski definition) is 0. The molecule has 0 atom stereocenters. The molecule has 0 aromatic rings. The van der Waals surface area contributed by atoms with Crippen molar-refractivity contribution >= 4 is 0 Å². The Morgan fingerprint density at radius 3 is 0.938 bits per heavy atom. The fourth-order valence-corrected chi connectivity index (χ4v) is 0. The summed E-state index contributed by atoms with van der Waals surface area (Å²) in [6.45, 7) is 19.4. The van der Waals surface area contributed by atoms with Crippen molar-refractivity contribution < 1.29 is 0 Å². The van der Waals surface area contributed by atoms with Crippen LogP contribution in [-0.4, -0.2) is 0 Å². The lowest BCUT2D eigenvalue weighted by molar-refractivity contribution is 0.886. The lowest BCUT2D eigenvalue weighted by atomic mass is 10.4. The maximum atomic E-state index is 3.48. The molecule has 0 radical (unpaired) electrons. The lowest BCUT2D eigenvalue weighted by Crippen LogP contribution is -1.47. The molecule has 104 valence electrons. The van der Waals surface area contributed by atoms with Crippen molar-refractivity contribution in [2.45, 2.75) is 82.1 Å². The molecule has 0 fully saturated rings. The molecule has 0 heterocycles. The Morgan fingerprint density at radius 2 is 0.938 bits per heavy atom. The van der Waals surface area contributed by atoms with Gasteiger partial charge in [-0.25, -0.2) is 0 Å². The smallest absolute Gasteiger partial charge is 0.0382 e. The molecule has 0 aliphatic rings. The van der Waals surface area contributed by atoms with E-state index in [1.54, 1.807) is 6.08 Å². The molecule has 16 heavy (non-hydrogen) atoms. The molecular formula is C16H40. The molecule has 0 unspecified atom stereocenters. The summed E-state index contributed by atoms with van der Waals surface area (Å²) >= 11 is 0. The van der Waals surface area contributed by atoms with Gasteiger partial charge in [-0.1, -0.05) is 80.9 Å². The van der Waals surface area contributed by atoms with Gasteiger partial charge in [-0.2, -0.15) is 0 Å². The number of allylic oxidation sites excluding steroid dienone is 2. The van der Waals surface area contributed by atoms with Gasteiger partial charge in [0.05, 0.1) is 0 Å². The molecule has 0 saturated carbocycles. The van der Waals surface area contributed by atoms with Crippen molar-refractivity contribution in [1.82, 2.24) is 0 Å². The van der Waals surface area contributed by atoms with Gasteiger partial charge in [0.2, 0.25) is 0 Å². The monoisotopic (exact) mass is 232 g/mol. The third kappa shape index (κ3) is 959. The van der Waals surface area contributed by atoms with Gasteiger partial charge >= 0.3 is 0 Å². The van der Waals surface area contributed by atoms with Crippen molar-refractivity contribution in [3.8, 4) is 0 Å². The van der Waals surface area contributed by atoms with Gasteiger partial charge in [0.1, 0.15) is 0 Å². The summed E-state index contributed by atoms with van der Waals surface area (Å²) in [5.41, 5.74) is 0. The van der Waals surface area contributed by atoms with Crippen LogP contribution >= 0.6 is 0 Å². The van der Waals surface area contributed by atoms with E-state index in [1.807, 2.05) is 13.0 Å².